The van der Waals surface area contributed by atoms with Crippen LogP contribution in [0.2, 0.25) is 0 Å². The van der Waals surface area contributed by atoms with Gasteiger partial charge in [-0.05, 0) is 32.9 Å². The van der Waals surface area contributed by atoms with Gasteiger partial charge in [0.1, 0.15) is 5.60 Å². The smallest absolute Gasteiger partial charge is 0.414 e. The van der Waals surface area contributed by atoms with Gasteiger partial charge in [-0.25, -0.2) is 4.79 Å². The summed E-state index contributed by atoms with van der Waals surface area (Å²) in [5, 5.41) is 10.9. The number of carbonyl (C=O) groups excluding carboxylic acids is 1. The SMILES string of the molecule is CC(C)(C)OC(=O)N(CCc1cc([N+](=O)[O-])ccn1)c1ccccc1. The predicted octanol–water partition coefficient (Wildman–Crippen LogP) is 3.97. The van der Waals surface area contributed by atoms with Gasteiger partial charge in [0.05, 0.1) is 4.92 Å². The molecule has 2 rings (SSSR count). The van der Waals surface area contributed by atoms with E-state index in [1.165, 1.54) is 23.2 Å². The molecule has 7 nitrogen and oxygen atoms in total. The standard InChI is InChI=1S/C18H21N3O4/c1-18(2,3)25-17(22)20(15-7-5-4-6-8-15)12-10-14-13-16(21(23)24)9-11-19-14/h4-9,11,13H,10,12H2,1-3H3. The Morgan fingerprint density at radius 1 is 1.24 bits per heavy atom. The first-order chi connectivity index (χ1) is 11.8. The number of amides is 1. The summed E-state index contributed by atoms with van der Waals surface area (Å²) in [6, 6.07) is 11.9. The van der Waals surface area contributed by atoms with Gasteiger partial charge >= 0.3 is 6.09 Å². The van der Waals surface area contributed by atoms with Gasteiger partial charge in [0.25, 0.3) is 5.69 Å². The summed E-state index contributed by atoms with van der Waals surface area (Å²) < 4.78 is 5.46. The van der Waals surface area contributed by atoms with Crippen LogP contribution in [0.15, 0.2) is 48.7 Å². The van der Waals surface area contributed by atoms with E-state index >= 15 is 0 Å². The van der Waals surface area contributed by atoms with Gasteiger partial charge in [-0.2, -0.15) is 0 Å². The third-order valence-corrected chi connectivity index (χ3v) is 3.28. The molecule has 1 amide bonds. The molecule has 0 unspecified atom stereocenters. The van der Waals surface area contributed by atoms with Gasteiger partial charge in [-0.15, -0.1) is 0 Å². The van der Waals surface area contributed by atoms with Crippen LogP contribution in [0.25, 0.3) is 0 Å². The van der Waals surface area contributed by atoms with Crippen molar-refractivity contribution in [3.05, 3.63) is 64.5 Å². The normalized spacial score (nSPS) is 11.0. The summed E-state index contributed by atoms with van der Waals surface area (Å²) in [7, 11) is 0. The van der Waals surface area contributed by atoms with E-state index in [1.807, 2.05) is 30.3 Å². The maximum absolute atomic E-state index is 12.5. The summed E-state index contributed by atoms with van der Waals surface area (Å²) in [5.41, 5.74) is 0.600. The molecule has 0 saturated heterocycles. The first kappa shape index (κ1) is 18.4. The second-order valence-electron chi connectivity index (χ2n) is 6.48. The quantitative estimate of drug-likeness (QED) is 0.605. The summed E-state index contributed by atoms with van der Waals surface area (Å²) in [5.74, 6) is 0. The van der Waals surface area contributed by atoms with E-state index < -0.39 is 16.6 Å². The topological polar surface area (TPSA) is 85.6 Å². The fourth-order valence-corrected chi connectivity index (χ4v) is 2.19. The average Bonchev–Trinajstić information content (AvgIpc) is 2.54. The van der Waals surface area contributed by atoms with Gasteiger partial charge < -0.3 is 4.74 Å². The van der Waals surface area contributed by atoms with Crippen LogP contribution in [0.3, 0.4) is 0 Å². The molecule has 0 radical (unpaired) electrons. The highest BCUT2D eigenvalue weighted by atomic mass is 16.6. The Balaban J connectivity index is 2.18. The predicted molar refractivity (Wildman–Crippen MR) is 94.6 cm³/mol. The number of aromatic nitrogens is 1. The van der Waals surface area contributed by atoms with Crippen molar-refractivity contribution < 1.29 is 14.5 Å². The van der Waals surface area contributed by atoms with E-state index in [9.17, 15) is 14.9 Å². The average molecular weight is 343 g/mol. The van der Waals surface area contributed by atoms with Crippen LogP contribution in [-0.2, 0) is 11.2 Å². The highest BCUT2D eigenvalue weighted by Crippen LogP contribution is 2.19. The van der Waals surface area contributed by atoms with Crippen LogP contribution >= 0.6 is 0 Å². The van der Waals surface area contributed by atoms with Crippen molar-refractivity contribution in [2.75, 3.05) is 11.4 Å². The molecule has 0 aliphatic carbocycles. The van der Waals surface area contributed by atoms with Crippen molar-refractivity contribution in [2.24, 2.45) is 0 Å². The molecule has 1 heterocycles. The monoisotopic (exact) mass is 343 g/mol. The zero-order valence-electron chi connectivity index (χ0n) is 14.5. The number of nitro groups is 1. The molecule has 0 N–H and O–H groups in total. The minimum Gasteiger partial charge on any atom is -0.443 e. The van der Waals surface area contributed by atoms with Gasteiger partial charge in [0, 0.05) is 42.7 Å². The molecule has 1 aromatic carbocycles. The Hall–Kier alpha value is -2.96. The number of carbonyl (C=O) groups is 1. The Kier molecular flexibility index (Phi) is 5.69. The van der Waals surface area contributed by atoms with E-state index in [0.717, 1.165) is 0 Å². The summed E-state index contributed by atoms with van der Waals surface area (Å²) in [6.07, 6.45) is 1.30. The summed E-state index contributed by atoms with van der Waals surface area (Å²) >= 11 is 0. The van der Waals surface area contributed by atoms with Crippen molar-refractivity contribution in [3.8, 4) is 0 Å². The molecule has 0 saturated carbocycles. The zero-order chi connectivity index (χ0) is 18.4. The van der Waals surface area contributed by atoms with E-state index in [-0.39, 0.29) is 5.69 Å². The maximum atomic E-state index is 12.5. The number of para-hydroxylation sites is 1. The molecule has 0 aliphatic heterocycles. The Morgan fingerprint density at radius 2 is 1.92 bits per heavy atom. The molecule has 2 aromatic rings. The lowest BCUT2D eigenvalue weighted by Crippen LogP contribution is -2.38. The summed E-state index contributed by atoms with van der Waals surface area (Å²) in [4.78, 5) is 28.6. The lowest BCUT2D eigenvalue weighted by Gasteiger charge is -2.27. The van der Waals surface area contributed by atoms with Gasteiger partial charge in [0.2, 0.25) is 0 Å². The number of pyridine rings is 1. The zero-order valence-corrected chi connectivity index (χ0v) is 14.5. The lowest BCUT2D eigenvalue weighted by molar-refractivity contribution is -0.385. The number of nitrogens with zero attached hydrogens (tertiary/aromatic N) is 3. The molecule has 0 aliphatic rings. The van der Waals surface area contributed by atoms with Crippen LogP contribution < -0.4 is 4.90 Å². The maximum Gasteiger partial charge on any atom is 0.414 e. The van der Waals surface area contributed by atoms with Gasteiger partial charge in [0.15, 0.2) is 0 Å². The molecular formula is C18H21N3O4. The van der Waals surface area contributed by atoms with Crippen molar-refractivity contribution >= 4 is 17.5 Å². The second-order valence-corrected chi connectivity index (χ2v) is 6.48. The lowest BCUT2D eigenvalue weighted by atomic mass is 10.2. The molecule has 1 aromatic heterocycles. The molecular weight excluding hydrogens is 322 g/mol. The highest BCUT2D eigenvalue weighted by Gasteiger charge is 2.23. The Morgan fingerprint density at radius 3 is 2.52 bits per heavy atom. The van der Waals surface area contributed by atoms with Crippen LogP contribution in [0.1, 0.15) is 26.5 Å². The van der Waals surface area contributed by atoms with Gasteiger partial charge in [-0.1, -0.05) is 18.2 Å². The largest absolute Gasteiger partial charge is 0.443 e. The van der Waals surface area contributed by atoms with Crippen LogP contribution in [0, 0.1) is 10.1 Å². The van der Waals surface area contributed by atoms with Crippen LogP contribution in [0.4, 0.5) is 16.2 Å². The van der Waals surface area contributed by atoms with Crippen LogP contribution in [-0.4, -0.2) is 28.1 Å². The minimum atomic E-state index is -0.617. The molecule has 7 heteroatoms. The number of hydrogen-bond acceptors (Lipinski definition) is 5. The van der Waals surface area contributed by atoms with E-state index in [4.69, 9.17) is 4.74 Å². The molecule has 25 heavy (non-hydrogen) atoms. The first-order valence-electron chi connectivity index (χ1n) is 7.91. The van der Waals surface area contributed by atoms with Crippen molar-refractivity contribution in [1.29, 1.82) is 0 Å². The number of ether oxygens (including phenoxy) is 1. The third kappa shape index (κ3) is 5.56. The second kappa shape index (κ2) is 7.74. The van der Waals surface area contributed by atoms with Gasteiger partial charge in [-0.3, -0.25) is 20.0 Å². The highest BCUT2D eigenvalue weighted by molar-refractivity contribution is 5.87. The van der Waals surface area contributed by atoms with E-state index in [1.54, 1.807) is 20.8 Å². The number of rotatable bonds is 5. The Labute approximate surface area is 146 Å². The minimum absolute atomic E-state index is 0.0199. The molecule has 132 valence electrons. The van der Waals surface area contributed by atoms with Crippen molar-refractivity contribution in [2.45, 2.75) is 32.8 Å². The fourth-order valence-electron chi connectivity index (χ4n) is 2.19. The first-order valence-corrected chi connectivity index (χ1v) is 7.91. The number of hydrogen-bond donors (Lipinski definition) is 0. The summed E-state index contributed by atoms with van der Waals surface area (Å²) in [6.45, 7) is 5.70. The fraction of sp³-hybridized carbons (Fsp3) is 0.333. The Bertz CT molecular complexity index is 741. The number of benzene rings is 1. The van der Waals surface area contributed by atoms with Crippen molar-refractivity contribution in [1.82, 2.24) is 4.98 Å². The number of anilines is 1. The molecule has 0 bridgehead atoms. The van der Waals surface area contributed by atoms with Crippen molar-refractivity contribution in [3.63, 3.8) is 0 Å². The van der Waals surface area contributed by atoms with E-state index in [0.29, 0.717) is 24.3 Å². The molecule has 0 atom stereocenters. The molecule has 0 fully saturated rings. The molecule has 0 spiro atoms. The van der Waals surface area contributed by atoms with Crippen LogP contribution in [0.5, 0.6) is 0 Å². The third-order valence-electron chi connectivity index (χ3n) is 3.28. The van der Waals surface area contributed by atoms with E-state index in [2.05, 4.69) is 4.98 Å².